The normalized spacial score (nSPS) is 18.7. The molecule has 0 saturated heterocycles. The molecule has 3 aliphatic rings. The lowest BCUT2D eigenvalue weighted by Gasteiger charge is -2.26. The van der Waals surface area contributed by atoms with Crippen molar-refractivity contribution < 1.29 is 14.0 Å². The highest BCUT2D eigenvalue weighted by atomic mass is 35.5. The third-order valence-electron chi connectivity index (χ3n) is 11.1. The molecule has 7 heteroatoms. The maximum absolute atomic E-state index is 7.21. The van der Waals surface area contributed by atoms with E-state index < -0.39 is 0 Å². The maximum atomic E-state index is 7.21. The zero-order valence-electron chi connectivity index (χ0n) is 32.4. The highest BCUT2D eigenvalue weighted by Gasteiger charge is 2.44. The molecule has 0 atom stereocenters. The van der Waals surface area contributed by atoms with E-state index in [1.165, 1.54) is 45.1 Å². The summed E-state index contributed by atoms with van der Waals surface area (Å²) in [5, 5.41) is 8.01. The minimum atomic E-state index is -0.214. The van der Waals surface area contributed by atoms with Gasteiger partial charge in [0.1, 0.15) is 6.61 Å². The van der Waals surface area contributed by atoms with E-state index in [1.54, 1.807) is 14.2 Å². The largest absolute Gasteiger partial charge is 0.383 e. The van der Waals surface area contributed by atoms with Crippen LogP contribution in [0.5, 0.6) is 0 Å². The summed E-state index contributed by atoms with van der Waals surface area (Å²) >= 11 is 7.21. The van der Waals surface area contributed by atoms with E-state index in [-0.39, 0.29) is 10.8 Å². The molecule has 0 bridgehead atoms. The van der Waals surface area contributed by atoms with Crippen LogP contribution in [0.2, 0.25) is 0 Å². The summed E-state index contributed by atoms with van der Waals surface area (Å²) in [7, 11) is 3.53. The summed E-state index contributed by atoms with van der Waals surface area (Å²) in [5.41, 5.74) is 13.7. The van der Waals surface area contributed by atoms with Crippen molar-refractivity contribution in [1.82, 2.24) is 0 Å². The SMILES string of the molecule is COCCN1/C(=C\C=C2/CCC(/C=C/C3=[N+](CCOC)c4ccc(Nc5ccccc5)cc4C3(C)C)=C2Cl)C(C)(C)c2cc(Nc3ccccc3)ccc21. The van der Waals surface area contributed by atoms with Gasteiger partial charge in [-0.15, -0.1) is 0 Å². The fourth-order valence-corrected chi connectivity index (χ4v) is 8.41. The quantitative estimate of drug-likeness (QED) is 0.134. The molecular formula is C47H52ClN4O2+. The fraction of sp³-hybridized carbons (Fsp3) is 0.298. The van der Waals surface area contributed by atoms with Gasteiger partial charge in [-0.05, 0) is 104 Å². The van der Waals surface area contributed by atoms with E-state index >= 15 is 0 Å². The third-order valence-corrected chi connectivity index (χ3v) is 11.5. The molecule has 1 aliphatic carbocycles. The fourth-order valence-electron chi connectivity index (χ4n) is 8.10. The van der Waals surface area contributed by atoms with Gasteiger partial charge in [0.2, 0.25) is 5.69 Å². The standard InChI is InChI=1S/C47H52ClN4O2/c1-46(2)39-31-37(49-35-13-9-7-10-14-35)21-23-41(39)51(27-29-53-5)43(46)25-19-33-17-18-34(45(33)48)20-26-44-47(3,4)40-32-38(50-36-15-11-8-12-16-36)22-24-42(40)52(44)28-30-54-6/h7-16,19-26,31-32,49-50H,17-18,27-30H2,1-6H3/q+1. The Bertz CT molecular complexity index is 2160. The lowest BCUT2D eigenvalue weighted by molar-refractivity contribution is -0.441. The Morgan fingerprint density at radius 1 is 0.704 bits per heavy atom. The summed E-state index contributed by atoms with van der Waals surface area (Å²) < 4.78 is 13.5. The molecule has 0 radical (unpaired) electrons. The number of hydrogen-bond donors (Lipinski definition) is 2. The number of hydrogen-bond acceptors (Lipinski definition) is 5. The third kappa shape index (κ3) is 7.43. The van der Waals surface area contributed by atoms with Crippen LogP contribution < -0.4 is 15.5 Å². The molecule has 54 heavy (non-hydrogen) atoms. The topological polar surface area (TPSA) is 48.8 Å². The Labute approximate surface area is 326 Å². The predicted molar refractivity (Wildman–Crippen MR) is 227 cm³/mol. The second-order valence-electron chi connectivity index (χ2n) is 15.3. The van der Waals surface area contributed by atoms with Gasteiger partial charge < -0.3 is 25.0 Å². The lowest BCUT2D eigenvalue weighted by atomic mass is 9.81. The Hall–Kier alpha value is -4.88. The second kappa shape index (κ2) is 15.8. The van der Waals surface area contributed by atoms with Crippen LogP contribution in [0.4, 0.5) is 34.1 Å². The summed E-state index contributed by atoms with van der Waals surface area (Å²) in [6.07, 6.45) is 10.8. The summed E-state index contributed by atoms with van der Waals surface area (Å²) in [6.45, 7) is 12.0. The molecule has 0 unspecified atom stereocenters. The second-order valence-corrected chi connectivity index (χ2v) is 15.7. The zero-order valence-corrected chi connectivity index (χ0v) is 33.1. The van der Waals surface area contributed by atoms with Gasteiger partial charge in [-0.2, -0.15) is 4.58 Å². The molecule has 2 N–H and O–H groups in total. The van der Waals surface area contributed by atoms with Crippen molar-refractivity contribution in [3.8, 4) is 0 Å². The van der Waals surface area contributed by atoms with Crippen LogP contribution in [0.25, 0.3) is 0 Å². The van der Waals surface area contributed by atoms with Crippen molar-refractivity contribution in [3.05, 3.63) is 154 Å². The van der Waals surface area contributed by atoms with Gasteiger partial charge in [-0.1, -0.05) is 74.0 Å². The van der Waals surface area contributed by atoms with E-state index in [2.05, 4.69) is 157 Å². The van der Waals surface area contributed by atoms with Crippen LogP contribution in [0.15, 0.2) is 143 Å². The molecule has 6 nitrogen and oxygen atoms in total. The average Bonchev–Trinajstić information content (AvgIpc) is 3.70. The van der Waals surface area contributed by atoms with E-state index in [9.17, 15) is 0 Å². The summed E-state index contributed by atoms with van der Waals surface area (Å²) in [4.78, 5) is 2.40. The van der Waals surface area contributed by atoms with Crippen molar-refractivity contribution in [2.75, 3.05) is 56.1 Å². The highest BCUT2D eigenvalue weighted by Crippen LogP contribution is 2.49. The van der Waals surface area contributed by atoms with Gasteiger partial charge in [-0.25, -0.2) is 0 Å². The number of rotatable bonds is 13. The van der Waals surface area contributed by atoms with Crippen LogP contribution in [0.1, 0.15) is 51.7 Å². The molecule has 7 rings (SSSR count). The summed E-state index contributed by atoms with van der Waals surface area (Å²) in [6, 6.07) is 34.0. The first kappa shape index (κ1) is 37.4. The minimum absolute atomic E-state index is 0.214. The predicted octanol–water partition coefficient (Wildman–Crippen LogP) is 11.3. The van der Waals surface area contributed by atoms with Crippen LogP contribution in [0, 0.1) is 0 Å². The number of methoxy groups -OCH3 is 2. The first-order chi connectivity index (χ1) is 26.1. The van der Waals surface area contributed by atoms with E-state index in [1.807, 2.05) is 12.1 Å². The van der Waals surface area contributed by atoms with E-state index in [0.29, 0.717) is 13.2 Å². The number of fused-ring (bicyclic) bond motifs is 2. The number of ether oxygens (including phenoxy) is 2. The number of allylic oxidation sites excluding steroid dienone is 8. The van der Waals surface area contributed by atoms with E-state index in [0.717, 1.165) is 53.7 Å². The average molecular weight is 740 g/mol. The van der Waals surface area contributed by atoms with Crippen LogP contribution in [0.3, 0.4) is 0 Å². The van der Waals surface area contributed by atoms with Gasteiger partial charge in [0.05, 0.1) is 12.0 Å². The minimum Gasteiger partial charge on any atom is -0.383 e. The molecule has 4 aromatic carbocycles. The number of nitrogens with zero attached hydrogens (tertiary/aromatic N) is 2. The van der Waals surface area contributed by atoms with Crippen LogP contribution in [-0.4, -0.2) is 50.8 Å². The molecule has 0 saturated carbocycles. The van der Waals surface area contributed by atoms with Gasteiger partial charge in [0.15, 0.2) is 12.3 Å². The maximum Gasteiger partial charge on any atom is 0.210 e. The van der Waals surface area contributed by atoms with Crippen molar-refractivity contribution in [2.24, 2.45) is 0 Å². The number of para-hydroxylation sites is 2. The molecule has 2 heterocycles. The molecule has 278 valence electrons. The smallest absolute Gasteiger partial charge is 0.210 e. The highest BCUT2D eigenvalue weighted by molar-refractivity contribution is 6.33. The van der Waals surface area contributed by atoms with E-state index in [4.69, 9.17) is 21.1 Å². The van der Waals surface area contributed by atoms with Crippen molar-refractivity contribution in [1.29, 1.82) is 0 Å². The first-order valence-corrected chi connectivity index (χ1v) is 19.3. The van der Waals surface area contributed by atoms with Crippen molar-refractivity contribution >= 4 is 51.4 Å². The number of anilines is 5. The Balaban J connectivity index is 1.16. The van der Waals surface area contributed by atoms with Crippen LogP contribution >= 0.6 is 11.6 Å². The lowest BCUT2D eigenvalue weighted by Crippen LogP contribution is -2.28. The van der Waals surface area contributed by atoms with Gasteiger partial charge >= 0.3 is 0 Å². The first-order valence-electron chi connectivity index (χ1n) is 18.9. The Morgan fingerprint density at radius 3 is 1.98 bits per heavy atom. The van der Waals surface area contributed by atoms with Crippen LogP contribution in [-0.2, 0) is 20.3 Å². The monoisotopic (exact) mass is 739 g/mol. The molecule has 0 spiro atoms. The number of benzene rings is 4. The zero-order chi connectivity index (χ0) is 37.9. The molecule has 4 aromatic rings. The Morgan fingerprint density at radius 2 is 1.33 bits per heavy atom. The number of nitrogens with one attached hydrogen (secondary N) is 2. The molecule has 0 amide bonds. The van der Waals surface area contributed by atoms with Gasteiger partial charge in [-0.3, -0.25) is 0 Å². The molecule has 0 aromatic heterocycles. The van der Waals surface area contributed by atoms with Crippen molar-refractivity contribution in [2.45, 2.75) is 51.4 Å². The number of halogens is 1. The van der Waals surface area contributed by atoms with Gasteiger partial charge in [0.25, 0.3) is 0 Å². The molecule has 0 fully saturated rings. The summed E-state index contributed by atoms with van der Waals surface area (Å²) in [5.74, 6) is 0. The molecular weight excluding hydrogens is 688 g/mol. The Kier molecular flexibility index (Phi) is 11.0. The molecule has 2 aliphatic heterocycles. The van der Waals surface area contributed by atoms with Crippen molar-refractivity contribution in [3.63, 3.8) is 0 Å². The van der Waals surface area contributed by atoms with Gasteiger partial charge in [0, 0.05) is 83.1 Å².